The second-order valence-corrected chi connectivity index (χ2v) is 5.33. The quantitative estimate of drug-likeness (QED) is 0.634. The molecule has 1 atom stereocenters. The minimum atomic E-state index is -0.616. The van der Waals surface area contributed by atoms with E-state index in [1.807, 2.05) is 31.2 Å². The SMILES string of the molecule is CC(Nc1ccc(O)c(F)c1)c1ccc(I)cc1. The molecule has 2 rings (SSSR count). The van der Waals surface area contributed by atoms with E-state index >= 15 is 0 Å². The van der Waals surface area contributed by atoms with Crippen LogP contribution >= 0.6 is 22.6 Å². The fourth-order valence-corrected chi connectivity index (χ4v) is 2.04. The minimum absolute atomic E-state index is 0.0749. The Bertz CT molecular complexity index is 542. The molecule has 0 aliphatic carbocycles. The van der Waals surface area contributed by atoms with E-state index < -0.39 is 5.82 Å². The second kappa shape index (κ2) is 5.56. The number of rotatable bonds is 3. The normalized spacial score (nSPS) is 12.2. The van der Waals surface area contributed by atoms with Crippen LogP contribution in [0.2, 0.25) is 0 Å². The van der Waals surface area contributed by atoms with Crippen molar-refractivity contribution in [3.8, 4) is 5.75 Å². The van der Waals surface area contributed by atoms with Gasteiger partial charge in [-0.1, -0.05) is 12.1 Å². The topological polar surface area (TPSA) is 32.3 Å². The molecular weight excluding hydrogens is 344 g/mol. The molecule has 2 aromatic carbocycles. The summed E-state index contributed by atoms with van der Waals surface area (Å²) in [7, 11) is 0. The molecule has 0 heterocycles. The number of nitrogens with one attached hydrogen (secondary N) is 1. The van der Waals surface area contributed by atoms with Crippen LogP contribution in [0.15, 0.2) is 42.5 Å². The van der Waals surface area contributed by atoms with E-state index in [1.165, 1.54) is 15.7 Å². The summed E-state index contributed by atoms with van der Waals surface area (Å²) in [5.74, 6) is -0.947. The third-order valence-corrected chi connectivity index (χ3v) is 3.42. The van der Waals surface area contributed by atoms with Gasteiger partial charge in [0.1, 0.15) is 0 Å². The van der Waals surface area contributed by atoms with E-state index in [0.717, 1.165) is 5.56 Å². The van der Waals surface area contributed by atoms with Crippen LogP contribution in [0.1, 0.15) is 18.5 Å². The smallest absolute Gasteiger partial charge is 0.166 e. The third kappa shape index (κ3) is 3.13. The fraction of sp³-hybridized carbons (Fsp3) is 0.143. The first kappa shape index (κ1) is 13.1. The second-order valence-electron chi connectivity index (χ2n) is 4.08. The van der Waals surface area contributed by atoms with Gasteiger partial charge in [0.05, 0.1) is 0 Å². The Morgan fingerprint density at radius 3 is 2.44 bits per heavy atom. The molecule has 4 heteroatoms. The number of phenols is 1. The Morgan fingerprint density at radius 1 is 1.17 bits per heavy atom. The zero-order valence-corrected chi connectivity index (χ0v) is 12.0. The van der Waals surface area contributed by atoms with Crippen molar-refractivity contribution in [1.82, 2.24) is 0 Å². The van der Waals surface area contributed by atoms with E-state index in [4.69, 9.17) is 5.11 Å². The van der Waals surface area contributed by atoms with Crippen LogP contribution in [0.3, 0.4) is 0 Å². The highest BCUT2D eigenvalue weighted by Crippen LogP contribution is 2.24. The van der Waals surface area contributed by atoms with Crippen LogP contribution in [0.4, 0.5) is 10.1 Å². The summed E-state index contributed by atoms with van der Waals surface area (Å²) < 4.78 is 14.4. The maximum absolute atomic E-state index is 13.2. The van der Waals surface area contributed by atoms with Crippen molar-refractivity contribution in [2.75, 3.05) is 5.32 Å². The van der Waals surface area contributed by atoms with Crippen LogP contribution in [0.25, 0.3) is 0 Å². The molecule has 0 radical (unpaired) electrons. The van der Waals surface area contributed by atoms with E-state index in [-0.39, 0.29) is 11.8 Å². The molecule has 2 N–H and O–H groups in total. The van der Waals surface area contributed by atoms with Crippen molar-refractivity contribution in [3.63, 3.8) is 0 Å². The Morgan fingerprint density at radius 2 is 1.83 bits per heavy atom. The van der Waals surface area contributed by atoms with Crippen molar-refractivity contribution in [1.29, 1.82) is 0 Å². The zero-order chi connectivity index (χ0) is 13.1. The number of hydrogen-bond acceptors (Lipinski definition) is 2. The molecule has 0 bridgehead atoms. The van der Waals surface area contributed by atoms with Crippen LogP contribution in [0, 0.1) is 9.39 Å². The van der Waals surface area contributed by atoms with Gasteiger partial charge < -0.3 is 10.4 Å². The Hall–Kier alpha value is -1.30. The molecule has 0 saturated carbocycles. The highest BCUT2D eigenvalue weighted by molar-refractivity contribution is 14.1. The van der Waals surface area contributed by atoms with Gasteiger partial charge in [0.2, 0.25) is 0 Å². The first-order chi connectivity index (χ1) is 8.56. The van der Waals surface area contributed by atoms with Gasteiger partial charge in [-0.2, -0.15) is 0 Å². The molecule has 1 unspecified atom stereocenters. The Balaban J connectivity index is 2.13. The zero-order valence-electron chi connectivity index (χ0n) is 9.82. The summed E-state index contributed by atoms with van der Waals surface area (Å²) in [6.07, 6.45) is 0. The Labute approximate surface area is 119 Å². The molecule has 94 valence electrons. The summed E-state index contributed by atoms with van der Waals surface area (Å²) in [4.78, 5) is 0. The Kier molecular flexibility index (Phi) is 4.06. The fourth-order valence-electron chi connectivity index (χ4n) is 1.68. The van der Waals surface area contributed by atoms with E-state index in [9.17, 15) is 4.39 Å². The molecule has 0 aliphatic heterocycles. The number of hydrogen-bond donors (Lipinski definition) is 2. The van der Waals surface area contributed by atoms with E-state index in [0.29, 0.717) is 5.69 Å². The molecular formula is C14H13FINO. The first-order valence-corrected chi connectivity index (χ1v) is 6.64. The van der Waals surface area contributed by atoms with Gasteiger partial charge in [-0.3, -0.25) is 0 Å². The number of benzene rings is 2. The van der Waals surface area contributed by atoms with Gasteiger partial charge in [-0.25, -0.2) is 4.39 Å². The monoisotopic (exact) mass is 357 g/mol. The van der Waals surface area contributed by atoms with Crippen LogP contribution in [-0.4, -0.2) is 5.11 Å². The minimum Gasteiger partial charge on any atom is -0.505 e. The van der Waals surface area contributed by atoms with Crippen LogP contribution in [0.5, 0.6) is 5.75 Å². The summed E-state index contributed by atoms with van der Waals surface area (Å²) in [5, 5.41) is 12.3. The third-order valence-electron chi connectivity index (χ3n) is 2.70. The summed E-state index contributed by atoms with van der Waals surface area (Å²) in [6, 6.07) is 12.5. The van der Waals surface area contributed by atoms with Gasteiger partial charge in [0, 0.05) is 21.4 Å². The summed E-state index contributed by atoms with van der Waals surface area (Å²) in [5.41, 5.74) is 1.78. The summed E-state index contributed by atoms with van der Waals surface area (Å²) >= 11 is 2.25. The predicted octanol–water partition coefficient (Wildman–Crippen LogP) is 4.31. The van der Waals surface area contributed by atoms with Crippen molar-refractivity contribution in [2.45, 2.75) is 13.0 Å². The van der Waals surface area contributed by atoms with Gasteiger partial charge in [0.15, 0.2) is 11.6 Å². The van der Waals surface area contributed by atoms with Crippen LogP contribution in [-0.2, 0) is 0 Å². The highest BCUT2D eigenvalue weighted by Gasteiger charge is 2.07. The van der Waals surface area contributed by atoms with E-state index in [1.54, 1.807) is 6.07 Å². The first-order valence-electron chi connectivity index (χ1n) is 5.57. The summed E-state index contributed by atoms with van der Waals surface area (Å²) in [6.45, 7) is 2.01. The maximum atomic E-state index is 13.2. The van der Waals surface area contributed by atoms with Crippen molar-refractivity contribution >= 4 is 28.3 Å². The molecule has 0 spiro atoms. The largest absolute Gasteiger partial charge is 0.505 e. The molecule has 0 fully saturated rings. The lowest BCUT2D eigenvalue weighted by atomic mass is 10.1. The predicted molar refractivity (Wildman–Crippen MR) is 79.3 cm³/mol. The molecule has 0 amide bonds. The van der Waals surface area contributed by atoms with Crippen molar-refractivity contribution < 1.29 is 9.50 Å². The van der Waals surface area contributed by atoms with Gasteiger partial charge >= 0.3 is 0 Å². The average Bonchev–Trinajstić information content (AvgIpc) is 2.34. The van der Waals surface area contributed by atoms with Crippen LogP contribution < -0.4 is 5.32 Å². The lowest BCUT2D eigenvalue weighted by Gasteiger charge is -2.16. The highest BCUT2D eigenvalue weighted by atomic mass is 127. The number of halogens is 2. The molecule has 0 aromatic heterocycles. The molecule has 0 aliphatic rings. The van der Waals surface area contributed by atoms with Gasteiger partial charge in [0.25, 0.3) is 0 Å². The number of aromatic hydroxyl groups is 1. The molecule has 0 saturated heterocycles. The van der Waals surface area contributed by atoms with Gasteiger partial charge in [-0.15, -0.1) is 0 Å². The number of anilines is 1. The van der Waals surface area contributed by atoms with Crippen molar-refractivity contribution in [3.05, 3.63) is 57.4 Å². The van der Waals surface area contributed by atoms with E-state index in [2.05, 4.69) is 27.9 Å². The molecule has 18 heavy (non-hydrogen) atoms. The maximum Gasteiger partial charge on any atom is 0.166 e. The standard InChI is InChI=1S/C14H13FINO/c1-9(10-2-4-11(16)5-3-10)17-12-6-7-14(18)13(15)8-12/h2-9,17-18H,1H3. The average molecular weight is 357 g/mol. The molecule has 2 aromatic rings. The lowest BCUT2D eigenvalue weighted by molar-refractivity contribution is 0.432. The lowest BCUT2D eigenvalue weighted by Crippen LogP contribution is -2.06. The van der Waals surface area contributed by atoms with Gasteiger partial charge in [-0.05, 0) is 59.3 Å². The van der Waals surface area contributed by atoms with Crippen molar-refractivity contribution in [2.24, 2.45) is 0 Å². The molecule has 2 nitrogen and oxygen atoms in total. The number of phenolic OH excluding ortho intramolecular Hbond substituents is 1.